The van der Waals surface area contributed by atoms with Gasteiger partial charge in [0.05, 0.1) is 29.8 Å². The normalized spacial score (nSPS) is 37.0. The van der Waals surface area contributed by atoms with E-state index in [-0.39, 0.29) is 19.4 Å². The second-order valence-corrected chi connectivity index (χ2v) is 22.4. The van der Waals surface area contributed by atoms with Gasteiger partial charge < -0.3 is 33.9 Å². The molecule has 2 bridgehead atoms. The first-order chi connectivity index (χ1) is 22.9. The summed E-state index contributed by atoms with van der Waals surface area (Å²) in [6.45, 7) is 19.2. The Bertz CT molecular complexity index is 1470. The number of ether oxygens (including phenoxy) is 3. The topological polar surface area (TPSA) is 144 Å². The molecule has 49 heavy (non-hydrogen) atoms. The molecule has 1 radical (unpaired) electrons. The SMILES string of the molecule is CC[Si](CC)(CC)O[C@H]1C[C@H]2OC[C@@]2(O)[C@H]2[C@H](OC(=O)c3ccccc3)[C@]3(O[Si](C)C)C[C@H](N)C(C)=C([C@@H](OC(C)=O)C(=O)[C@]12C)C3(C)C. The van der Waals surface area contributed by atoms with E-state index in [9.17, 15) is 14.7 Å². The van der Waals surface area contributed by atoms with Crippen LogP contribution in [0.25, 0.3) is 0 Å². The molecule has 2 saturated carbocycles. The van der Waals surface area contributed by atoms with Crippen molar-refractivity contribution in [3.8, 4) is 0 Å². The maximum Gasteiger partial charge on any atom is 0.338 e. The van der Waals surface area contributed by atoms with E-state index in [1.165, 1.54) is 6.92 Å². The summed E-state index contributed by atoms with van der Waals surface area (Å²) >= 11 is 0. The van der Waals surface area contributed by atoms with E-state index >= 15 is 4.79 Å². The molecule has 1 saturated heterocycles. The van der Waals surface area contributed by atoms with Crippen molar-refractivity contribution in [2.24, 2.45) is 22.5 Å². The Morgan fingerprint density at radius 3 is 2.18 bits per heavy atom. The number of benzene rings is 1. The Morgan fingerprint density at radius 1 is 1.06 bits per heavy atom. The summed E-state index contributed by atoms with van der Waals surface area (Å²) in [7, 11) is -3.95. The molecular weight excluding hydrogens is 659 g/mol. The number of hydrogen-bond donors (Lipinski definition) is 2. The van der Waals surface area contributed by atoms with Crippen LogP contribution in [-0.4, -0.2) is 88.5 Å². The maximum absolute atomic E-state index is 15.7. The van der Waals surface area contributed by atoms with Gasteiger partial charge in [-0.15, -0.1) is 0 Å². The van der Waals surface area contributed by atoms with Crippen molar-refractivity contribution in [3.05, 3.63) is 47.0 Å². The Labute approximate surface area is 294 Å². The minimum absolute atomic E-state index is 0.0617. The van der Waals surface area contributed by atoms with Gasteiger partial charge in [-0.25, -0.2) is 4.79 Å². The Balaban J connectivity index is 1.89. The number of nitrogens with two attached hydrogens (primary N) is 1. The third kappa shape index (κ3) is 5.83. The highest BCUT2D eigenvalue weighted by atomic mass is 28.4. The van der Waals surface area contributed by atoms with Gasteiger partial charge in [-0.05, 0) is 69.2 Å². The standard InChI is InChI=1S/C37H56NO9Si2/c1-11-49(12-2,13-3)46-26-19-27-36(42,21-43-27)30-32(45-33(41)24-17-15-14-16-18-24)37(47-48(9)10)20-25(38)22(4)28(34(37,6)7)29(44-23(5)39)31(40)35(26,30)8/h14-18,25-27,29-30,32,42H,11-13,19-21,38H2,1-10H3/t25-,26-,27+,29+,30-,32-,35+,36-,37+/m0/s1. The van der Waals surface area contributed by atoms with Crippen molar-refractivity contribution in [3.63, 3.8) is 0 Å². The van der Waals surface area contributed by atoms with E-state index in [2.05, 4.69) is 20.8 Å². The number of esters is 2. The zero-order valence-corrected chi connectivity index (χ0v) is 32.9. The van der Waals surface area contributed by atoms with Gasteiger partial charge >= 0.3 is 11.9 Å². The van der Waals surface area contributed by atoms with E-state index in [1.54, 1.807) is 24.3 Å². The van der Waals surface area contributed by atoms with Crippen LogP contribution in [0.2, 0.25) is 31.2 Å². The largest absolute Gasteiger partial charge is 0.455 e. The minimum atomic E-state index is -2.39. The van der Waals surface area contributed by atoms with Crippen LogP contribution in [0.4, 0.5) is 0 Å². The molecule has 3 aliphatic carbocycles. The molecule has 4 aliphatic rings. The summed E-state index contributed by atoms with van der Waals surface area (Å²) in [4.78, 5) is 42.9. The van der Waals surface area contributed by atoms with Crippen molar-refractivity contribution in [2.45, 2.75) is 141 Å². The highest BCUT2D eigenvalue weighted by Crippen LogP contribution is 2.65. The summed E-state index contributed by atoms with van der Waals surface area (Å²) < 4.78 is 33.4. The quantitative estimate of drug-likeness (QED) is 0.185. The first kappa shape index (κ1) is 38.0. The van der Waals surface area contributed by atoms with E-state index < -0.39 is 93.5 Å². The Hall–Kier alpha value is -2.20. The van der Waals surface area contributed by atoms with E-state index in [1.807, 2.05) is 46.9 Å². The fourth-order valence-electron chi connectivity index (χ4n) is 9.59. The van der Waals surface area contributed by atoms with Gasteiger partial charge in [0.2, 0.25) is 9.04 Å². The van der Waals surface area contributed by atoms with Gasteiger partial charge in [-0.1, -0.05) is 58.4 Å². The van der Waals surface area contributed by atoms with Crippen molar-refractivity contribution in [1.82, 2.24) is 0 Å². The molecule has 5 rings (SSSR count). The number of fused-ring (bicyclic) bond motifs is 5. The monoisotopic (exact) mass is 714 g/mol. The average molecular weight is 715 g/mol. The van der Waals surface area contributed by atoms with E-state index in [0.29, 0.717) is 11.1 Å². The van der Waals surface area contributed by atoms with Crippen LogP contribution in [-0.2, 0) is 32.7 Å². The molecule has 0 unspecified atom stereocenters. The number of ketones is 1. The van der Waals surface area contributed by atoms with Crippen LogP contribution >= 0.6 is 0 Å². The lowest BCUT2D eigenvalue weighted by Gasteiger charge is -2.69. The van der Waals surface area contributed by atoms with Gasteiger partial charge in [0.25, 0.3) is 0 Å². The summed E-state index contributed by atoms with van der Waals surface area (Å²) in [6.07, 6.45) is -3.37. The highest BCUT2D eigenvalue weighted by molar-refractivity contribution is 6.73. The van der Waals surface area contributed by atoms with E-state index in [4.69, 9.17) is 28.8 Å². The number of aliphatic hydroxyl groups is 1. The lowest BCUT2D eigenvalue weighted by atomic mass is 9.44. The molecule has 3 N–H and O–H groups in total. The lowest BCUT2D eigenvalue weighted by molar-refractivity contribution is -0.340. The van der Waals surface area contributed by atoms with Gasteiger partial charge in [0, 0.05) is 30.7 Å². The van der Waals surface area contributed by atoms with Crippen molar-refractivity contribution in [2.75, 3.05) is 6.61 Å². The summed E-state index contributed by atoms with van der Waals surface area (Å²) in [5.74, 6) is -2.66. The van der Waals surface area contributed by atoms with Crippen molar-refractivity contribution < 1.29 is 42.6 Å². The molecule has 10 nitrogen and oxygen atoms in total. The molecule has 0 amide bonds. The van der Waals surface area contributed by atoms with Crippen LogP contribution in [0, 0.1) is 16.7 Å². The van der Waals surface area contributed by atoms with Crippen LogP contribution < -0.4 is 5.73 Å². The fourth-order valence-corrected chi connectivity index (χ4v) is 13.7. The Morgan fingerprint density at radius 2 is 1.67 bits per heavy atom. The molecule has 271 valence electrons. The molecule has 1 aliphatic heterocycles. The first-order valence-corrected chi connectivity index (χ1v) is 22.8. The van der Waals surface area contributed by atoms with Crippen LogP contribution in [0.1, 0.15) is 78.6 Å². The number of Topliss-reactive ketones (excluding diaryl/α,β-unsaturated/α-hetero) is 1. The third-order valence-electron chi connectivity index (χ3n) is 12.6. The highest BCUT2D eigenvalue weighted by Gasteiger charge is 2.77. The number of rotatable bonds is 10. The third-order valence-corrected chi connectivity index (χ3v) is 18.0. The molecule has 9 atom stereocenters. The van der Waals surface area contributed by atoms with Crippen molar-refractivity contribution >= 4 is 35.1 Å². The summed E-state index contributed by atoms with van der Waals surface area (Å²) in [5.41, 5.74) is 3.12. The molecule has 0 spiro atoms. The molecule has 12 heteroatoms. The Kier molecular flexibility index (Phi) is 10.4. The zero-order chi connectivity index (χ0) is 36.3. The molecule has 1 aromatic rings. The number of hydrogen-bond acceptors (Lipinski definition) is 10. The zero-order valence-electron chi connectivity index (χ0n) is 30.9. The average Bonchev–Trinajstić information content (AvgIpc) is 3.04. The van der Waals surface area contributed by atoms with Gasteiger partial charge in [0.15, 0.2) is 20.2 Å². The van der Waals surface area contributed by atoms with Crippen molar-refractivity contribution in [1.29, 1.82) is 0 Å². The van der Waals surface area contributed by atoms with Gasteiger partial charge in [-0.2, -0.15) is 0 Å². The molecule has 3 fully saturated rings. The van der Waals surface area contributed by atoms with Gasteiger partial charge in [0.1, 0.15) is 17.3 Å². The second kappa shape index (κ2) is 13.4. The first-order valence-electron chi connectivity index (χ1n) is 17.8. The second-order valence-electron chi connectivity index (χ2n) is 15.6. The van der Waals surface area contributed by atoms with Gasteiger partial charge in [-0.3, -0.25) is 9.59 Å². The maximum atomic E-state index is 15.7. The predicted molar refractivity (Wildman–Crippen MR) is 190 cm³/mol. The van der Waals surface area contributed by atoms with Crippen LogP contribution in [0.3, 0.4) is 0 Å². The van der Waals surface area contributed by atoms with E-state index in [0.717, 1.165) is 23.7 Å². The summed E-state index contributed by atoms with van der Waals surface area (Å²) in [5, 5.41) is 12.9. The lowest BCUT2D eigenvalue weighted by Crippen LogP contribution is -2.82. The summed E-state index contributed by atoms with van der Waals surface area (Å²) in [6, 6.07) is 10.6. The van der Waals surface area contributed by atoms with Crippen LogP contribution in [0.15, 0.2) is 41.5 Å². The number of carbonyl (C=O) groups is 3. The molecule has 0 aromatic heterocycles. The smallest absolute Gasteiger partial charge is 0.338 e. The predicted octanol–water partition coefficient (Wildman–Crippen LogP) is 5.35. The molecular formula is C37H56NO9Si2. The minimum Gasteiger partial charge on any atom is -0.455 e. The molecule has 1 heterocycles. The fraction of sp³-hybridized carbons (Fsp3) is 0.703. The molecule has 1 aromatic carbocycles. The van der Waals surface area contributed by atoms with Crippen LogP contribution in [0.5, 0.6) is 0 Å². The number of carbonyl (C=O) groups excluding carboxylic acids is 3.